The molecular weight excluding hydrogens is 321 g/mol. The summed E-state index contributed by atoms with van der Waals surface area (Å²) in [6.07, 6.45) is 1.34. The van der Waals surface area contributed by atoms with Gasteiger partial charge in [-0.05, 0) is 41.8 Å². The van der Waals surface area contributed by atoms with Crippen molar-refractivity contribution in [2.45, 2.75) is 25.0 Å². The van der Waals surface area contributed by atoms with Crippen LogP contribution < -0.4 is 10.5 Å². The number of hydrogen-bond donors (Lipinski definition) is 1. The molecule has 1 heterocycles. The highest BCUT2D eigenvalue weighted by molar-refractivity contribution is 9.10. The molecule has 0 radical (unpaired) electrons. The Balaban J connectivity index is 1.72. The summed E-state index contributed by atoms with van der Waals surface area (Å²) >= 11 is 3.43. The molecule has 0 spiro atoms. The molecule has 0 bridgehead atoms. The Morgan fingerprint density at radius 2 is 2.10 bits per heavy atom. The van der Waals surface area contributed by atoms with E-state index in [9.17, 15) is 4.39 Å². The fourth-order valence-electron chi connectivity index (χ4n) is 2.53. The SMILES string of the molecule is NC(Cc1cc(F)ccc1Br)C1Cc2ccccc2O1. The van der Waals surface area contributed by atoms with Gasteiger partial charge in [0.15, 0.2) is 0 Å². The van der Waals surface area contributed by atoms with Crippen molar-refractivity contribution in [2.24, 2.45) is 5.73 Å². The van der Waals surface area contributed by atoms with Crippen LogP contribution in [0.3, 0.4) is 0 Å². The second-order valence-electron chi connectivity index (χ2n) is 5.07. The van der Waals surface area contributed by atoms with Crippen molar-refractivity contribution in [3.8, 4) is 5.75 Å². The van der Waals surface area contributed by atoms with Crippen molar-refractivity contribution in [2.75, 3.05) is 0 Å². The van der Waals surface area contributed by atoms with Crippen molar-refractivity contribution >= 4 is 15.9 Å². The van der Waals surface area contributed by atoms with Gasteiger partial charge < -0.3 is 10.5 Å². The maximum Gasteiger partial charge on any atom is 0.123 e. The first kappa shape index (κ1) is 13.6. The molecule has 3 rings (SSSR count). The van der Waals surface area contributed by atoms with Crippen molar-refractivity contribution in [1.29, 1.82) is 0 Å². The number of fused-ring (bicyclic) bond motifs is 1. The van der Waals surface area contributed by atoms with E-state index in [1.165, 1.54) is 17.7 Å². The van der Waals surface area contributed by atoms with Crippen LogP contribution in [-0.2, 0) is 12.8 Å². The predicted molar refractivity (Wildman–Crippen MR) is 80.3 cm³/mol. The van der Waals surface area contributed by atoms with E-state index in [4.69, 9.17) is 10.5 Å². The van der Waals surface area contributed by atoms with Gasteiger partial charge in [0, 0.05) is 16.9 Å². The Labute approximate surface area is 125 Å². The molecule has 2 aromatic carbocycles. The first-order valence-corrected chi connectivity index (χ1v) is 7.37. The molecule has 1 aliphatic rings. The largest absolute Gasteiger partial charge is 0.488 e. The second-order valence-corrected chi connectivity index (χ2v) is 5.93. The van der Waals surface area contributed by atoms with E-state index < -0.39 is 0 Å². The van der Waals surface area contributed by atoms with E-state index >= 15 is 0 Å². The summed E-state index contributed by atoms with van der Waals surface area (Å²) < 4.78 is 20.1. The predicted octanol–water partition coefficient (Wildman–Crippen LogP) is 3.46. The molecule has 0 saturated carbocycles. The van der Waals surface area contributed by atoms with Crippen LogP contribution >= 0.6 is 15.9 Å². The third kappa shape index (κ3) is 2.72. The molecule has 0 amide bonds. The highest BCUT2D eigenvalue weighted by Gasteiger charge is 2.28. The molecule has 2 aromatic rings. The van der Waals surface area contributed by atoms with Gasteiger partial charge in [-0.1, -0.05) is 34.1 Å². The third-order valence-electron chi connectivity index (χ3n) is 3.61. The minimum absolute atomic E-state index is 0.0532. The van der Waals surface area contributed by atoms with Gasteiger partial charge in [0.2, 0.25) is 0 Å². The molecule has 1 aliphatic heterocycles. The van der Waals surface area contributed by atoms with Crippen LogP contribution in [0.1, 0.15) is 11.1 Å². The summed E-state index contributed by atoms with van der Waals surface area (Å²) in [6, 6.07) is 12.5. The number of halogens is 2. The van der Waals surface area contributed by atoms with Crippen LogP contribution in [0.4, 0.5) is 4.39 Å². The van der Waals surface area contributed by atoms with Crippen molar-refractivity contribution < 1.29 is 9.13 Å². The highest BCUT2D eigenvalue weighted by Crippen LogP contribution is 2.30. The number of hydrogen-bond acceptors (Lipinski definition) is 2. The van der Waals surface area contributed by atoms with E-state index in [0.29, 0.717) is 6.42 Å². The third-order valence-corrected chi connectivity index (χ3v) is 4.39. The molecule has 2 N–H and O–H groups in total. The molecule has 20 heavy (non-hydrogen) atoms. The van der Waals surface area contributed by atoms with Crippen molar-refractivity contribution in [1.82, 2.24) is 0 Å². The van der Waals surface area contributed by atoms with Crippen LogP contribution in [-0.4, -0.2) is 12.1 Å². The van der Waals surface area contributed by atoms with Crippen LogP contribution in [0, 0.1) is 5.82 Å². The van der Waals surface area contributed by atoms with E-state index in [-0.39, 0.29) is 18.0 Å². The Hall–Kier alpha value is -1.39. The molecule has 104 valence electrons. The summed E-state index contributed by atoms with van der Waals surface area (Å²) in [7, 11) is 0. The standard InChI is InChI=1S/C16H15BrFNO/c17-13-6-5-12(18)7-11(13)8-14(19)16-9-10-3-1-2-4-15(10)20-16/h1-7,14,16H,8-9,19H2. The lowest BCUT2D eigenvalue weighted by Gasteiger charge is -2.19. The zero-order valence-electron chi connectivity index (χ0n) is 10.9. The molecule has 2 nitrogen and oxygen atoms in total. The van der Waals surface area contributed by atoms with Gasteiger partial charge in [-0.2, -0.15) is 0 Å². The maximum atomic E-state index is 13.3. The molecule has 0 fully saturated rings. The van der Waals surface area contributed by atoms with Crippen molar-refractivity contribution in [3.05, 3.63) is 63.9 Å². The van der Waals surface area contributed by atoms with Gasteiger partial charge in [-0.15, -0.1) is 0 Å². The van der Waals surface area contributed by atoms with Gasteiger partial charge in [0.25, 0.3) is 0 Å². The topological polar surface area (TPSA) is 35.2 Å². The lowest BCUT2D eigenvalue weighted by molar-refractivity contribution is 0.198. The number of benzene rings is 2. The first-order valence-electron chi connectivity index (χ1n) is 6.57. The van der Waals surface area contributed by atoms with Gasteiger partial charge >= 0.3 is 0 Å². The lowest BCUT2D eigenvalue weighted by Crippen LogP contribution is -2.39. The number of nitrogens with two attached hydrogens (primary N) is 1. The summed E-state index contributed by atoms with van der Waals surface area (Å²) in [5, 5.41) is 0. The Morgan fingerprint density at radius 3 is 2.90 bits per heavy atom. The summed E-state index contributed by atoms with van der Waals surface area (Å²) in [5.41, 5.74) is 8.30. The Morgan fingerprint density at radius 1 is 1.30 bits per heavy atom. The lowest BCUT2D eigenvalue weighted by atomic mass is 9.98. The maximum absolute atomic E-state index is 13.3. The van der Waals surface area contributed by atoms with Gasteiger partial charge in [0.05, 0.1) is 0 Å². The van der Waals surface area contributed by atoms with Gasteiger partial charge in [-0.3, -0.25) is 0 Å². The quantitative estimate of drug-likeness (QED) is 0.932. The fraction of sp³-hybridized carbons (Fsp3) is 0.250. The number of rotatable bonds is 3. The molecule has 2 atom stereocenters. The minimum atomic E-state index is -0.244. The zero-order chi connectivity index (χ0) is 14.1. The van der Waals surface area contributed by atoms with Crippen LogP contribution in [0.5, 0.6) is 5.75 Å². The average Bonchev–Trinajstić information content (AvgIpc) is 2.87. The van der Waals surface area contributed by atoms with E-state index in [1.54, 1.807) is 6.07 Å². The monoisotopic (exact) mass is 335 g/mol. The van der Waals surface area contributed by atoms with Gasteiger partial charge in [-0.25, -0.2) is 4.39 Å². The molecule has 0 aromatic heterocycles. The molecule has 0 aliphatic carbocycles. The highest BCUT2D eigenvalue weighted by atomic mass is 79.9. The van der Waals surface area contributed by atoms with Crippen LogP contribution in [0.2, 0.25) is 0 Å². The molecule has 0 saturated heterocycles. The second kappa shape index (κ2) is 5.54. The number of para-hydroxylation sites is 1. The van der Waals surface area contributed by atoms with Gasteiger partial charge in [0.1, 0.15) is 17.7 Å². The van der Waals surface area contributed by atoms with E-state index in [0.717, 1.165) is 22.2 Å². The molecular formula is C16H15BrFNO. The van der Waals surface area contributed by atoms with E-state index in [2.05, 4.69) is 22.0 Å². The minimum Gasteiger partial charge on any atom is -0.488 e. The first-order chi connectivity index (χ1) is 9.63. The fourth-order valence-corrected chi connectivity index (χ4v) is 2.94. The summed E-state index contributed by atoms with van der Waals surface area (Å²) in [4.78, 5) is 0. The van der Waals surface area contributed by atoms with E-state index in [1.807, 2.05) is 18.2 Å². The van der Waals surface area contributed by atoms with Crippen molar-refractivity contribution in [3.63, 3.8) is 0 Å². The van der Waals surface area contributed by atoms with Crippen LogP contribution in [0.25, 0.3) is 0 Å². The smallest absolute Gasteiger partial charge is 0.123 e. The Bertz CT molecular complexity index is 607. The molecule has 2 unspecified atom stereocenters. The Kier molecular flexibility index (Phi) is 3.76. The number of ether oxygens (including phenoxy) is 1. The zero-order valence-corrected chi connectivity index (χ0v) is 12.4. The average molecular weight is 336 g/mol. The van der Waals surface area contributed by atoms with Crippen LogP contribution in [0.15, 0.2) is 46.9 Å². The molecule has 4 heteroatoms. The summed E-state index contributed by atoms with van der Waals surface area (Å²) in [6.45, 7) is 0. The summed E-state index contributed by atoms with van der Waals surface area (Å²) in [5.74, 6) is 0.664. The normalized spacial score (nSPS) is 18.4.